The number of hydrogen-bond donors (Lipinski definition) is 0. The second kappa shape index (κ2) is 7.31. The second-order valence-electron chi connectivity index (χ2n) is 6.49. The number of likely N-dealkylation sites (N-methyl/N-ethyl adjacent to an activating group) is 1. The minimum atomic E-state index is -3.85. The van der Waals surface area contributed by atoms with E-state index in [9.17, 15) is 13.2 Å². The van der Waals surface area contributed by atoms with E-state index in [2.05, 4.69) is 0 Å². The third-order valence-electron chi connectivity index (χ3n) is 3.12. The van der Waals surface area contributed by atoms with Gasteiger partial charge in [0.2, 0.25) is 0 Å². The van der Waals surface area contributed by atoms with Crippen molar-refractivity contribution < 1.29 is 22.1 Å². The van der Waals surface area contributed by atoms with E-state index >= 15 is 0 Å². The van der Waals surface area contributed by atoms with Crippen LogP contribution in [0.4, 0.5) is 4.79 Å². The van der Waals surface area contributed by atoms with Gasteiger partial charge in [0.15, 0.2) is 0 Å². The summed E-state index contributed by atoms with van der Waals surface area (Å²) in [5.74, 6) is 0. The number of ether oxygens (including phenoxy) is 1. The first-order valence-electron chi connectivity index (χ1n) is 7.34. The van der Waals surface area contributed by atoms with Crippen LogP contribution < -0.4 is 0 Å². The van der Waals surface area contributed by atoms with Crippen LogP contribution in [0.5, 0.6) is 0 Å². The van der Waals surface area contributed by atoms with Gasteiger partial charge in [-0.15, -0.1) is 0 Å². The van der Waals surface area contributed by atoms with Crippen molar-refractivity contribution in [2.24, 2.45) is 0 Å². The molecule has 0 aliphatic carbocycles. The molecular formula is C16H25NO5S. The summed E-state index contributed by atoms with van der Waals surface area (Å²) in [5, 5.41) is 0. The minimum Gasteiger partial charge on any atom is -0.444 e. The summed E-state index contributed by atoms with van der Waals surface area (Å²) in [6.45, 7) is 8.71. The van der Waals surface area contributed by atoms with E-state index in [1.165, 1.54) is 17.0 Å². The van der Waals surface area contributed by atoms with Gasteiger partial charge >= 0.3 is 6.09 Å². The monoisotopic (exact) mass is 343 g/mol. The molecule has 0 aliphatic heterocycles. The summed E-state index contributed by atoms with van der Waals surface area (Å²) in [6.07, 6.45) is -0.527. The zero-order valence-electron chi connectivity index (χ0n) is 14.5. The maximum absolute atomic E-state index is 12.1. The van der Waals surface area contributed by atoms with Crippen molar-refractivity contribution in [3.63, 3.8) is 0 Å². The molecule has 0 bridgehead atoms. The van der Waals surface area contributed by atoms with E-state index in [-0.39, 0.29) is 11.5 Å². The van der Waals surface area contributed by atoms with Crippen molar-refractivity contribution in [2.45, 2.75) is 51.2 Å². The van der Waals surface area contributed by atoms with Gasteiger partial charge in [-0.05, 0) is 46.8 Å². The first-order chi connectivity index (χ1) is 10.4. The van der Waals surface area contributed by atoms with Crippen LogP contribution in [-0.2, 0) is 19.0 Å². The van der Waals surface area contributed by atoms with Crippen LogP contribution in [-0.4, -0.2) is 44.7 Å². The standard InChI is InChI=1S/C16H25NO5S/c1-12-7-9-14(10-8-12)23(19,20)21-11-13(2)17(6)15(18)22-16(3,4)5/h7-10,13H,11H2,1-6H3/t13-/m1/s1. The summed E-state index contributed by atoms with van der Waals surface area (Å²) in [7, 11) is -2.30. The number of benzene rings is 1. The van der Waals surface area contributed by atoms with Crippen LogP contribution in [0.1, 0.15) is 33.3 Å². The number of nitrogens with zero attached hydrogens (tertiary/aromatic N) is 1. The Balaban J connectivity index is 2.66. The SMILES string of the molecule is Cc1ccc(S(=O)(=O)OC[C@@H](C)N(C)C(=O)OC(C)(C)C)cc1. The molecule has 0 N–H and O–H groups in total. The Hall–Kier alpha value is -1.60. The van der Waals surface area contributed by atoms with E-state index in [1.54, 1.807) is 46.9 Å². The van der Waals surface area contributed by atoms with Gasteiger partial charge in [-0.3, -0.25) is 4.18 Å². The van der Waals surface area contributed by atoms with Crippen molar-refractivity contribution in [1.29, 1.82) is 0 Å². The number of rotatable bonds is 5. The third kappa shape index (κ3) is 6.19. The molecule has 23 heavy (non-hydrogen) atoms. The van der Waals surface area contributed by atoms with Crippen LogP contribution in [0.25, 0.3) is 0 Å². The lowest BCUT2D eigenvalue weighted by molar-refractivity contribution is 0.0196. The van der Waals surface area contributed by atoms with E-state index < -0.39 is 27.9 Å². The highest BCUT2D eigenvalue weighted by Gasteiger charge is 2.25. The lowest BCUT2D eigenvalue weighted by Crippen LogP contribution is -2.41. The number of aryl methyl sites for hydroxylation is 1. The molecule has 130 valence electrons. The maximum Gasteiger partial charge on any atom is 0.410 e. The summed E-state index contributed by atoms with van der Waals surface area (Å²) in [4.78, 5) is 13.3. The molecule has 0 aliphatic rings. The maximum atomic E-state index is 12.1. The van der Waals surface area contributed by atoms with Crippen LogP contribution >= 0.6 is 0 Å². The van der Waals surface area contributed by atoms with Gasteiger partial charge in [-0.1, -0.05) is 17.7 Å². The average Bonchev–Trinajstić information content (AvgIpc) is 2.42. The molecule has 7 heteroatoms. The highest BCUT2D eigenvalue weighted by Crippen LogP contribution is 2.15. The van der Waals surface area contributed by atoms with Crippen molar-refractivity contribution in [3.8, 4) is 0 Å². The average molecular weight is 343 g/mol. The van der Waals surface area contributed by atoms with Crippen LogP contribution in [0.2, 0.25) is 0 Å². The summed E-state index contributed by atoms with van der Waals surface area (Å²) in [6, 6.07) is 5.93. The van der Waals surface area contributed by atoms with E-state index in [0.717, 1.165) is 5.56 Å². The zero-order chi connectivity index (χ0) is 17.8. The van der Waals surface area contributed by atoms with E-state index in [0.29, 0.717) is 0 Å². The van der Waals surface area contributed by atoms with Gasteiger partial charge in [0.25, 0.3) is 10.1 Å². The van der Waals surface area contributed by atoms with E-state index in [1.807, 2.05) is 6.92 Å². The lowest BCUT2D eigenvalue weighted by atomic mass is 10.2. The molecule has 1 atom stereocenters. The van der Waals surface area contributed by atoms with Gasteiger partial charge in [0.05, 0.1) is 17.5 Å². The molecule has 0 spiro atoms. The smallest absolute Gasteiger partial charge is 0.410 e. The molecule has 0 unspecified atom stereocenters. The van der Waals surface area contributed by atoms with Crippen LogP contribution in [0, 0.1) is 6.92 Å². The minimum absolute atomic E-state index is 0.0928. The van der Waals surface area contributed by atoms with Gasteiger partial charge in [0.1, 0.15) is 5.60 Å². The van der Waals surface area contributed by atoms with E-state index in [4.69, 9.17) is 8.92 Å². The number of hydrogen-bond acceptors (Lipinski definition) is 5. The largest absolute Gasteiger partial charge is 0.444 e. The van der Waals surface area contributed by atoms with Gasteiger partial charge < -0.3 is 9.64 Å². The molecule has 1 amide bonds. The Morgan fingerprint density at radius 3 is 2.22 bits per heavy atom. The van der Waals surface area contributed by atoms with Crippen molar-refractivity contribution in [3.05, 3.63) is 29.8 Å². The number of carbonyl (C=O) groups excluding carboxylic acids is 1. The summed E-state index contributed by atoms with van der Waals surface area (Å²) >= 11 is 0. The van der Waals surface area contributed by atoms with Crippen LogP contribution in [0.3, 0.4) is 0 Å². The highest BCUT2D eigenvalue weighted by molar-refractivity contribution is 7.86. The lowest BCUT2D eigenvalue weighted by Gasteiger charge is -2.28. The molecule has 6 nitrogen and oxygen atoms in total. The Kier molecular flexibility index (Phi) is 6.18. The van der Waals surface area contributed by atoms with Gasteiger partial charge in [0, 0.05) is 7.05 Å². The topological polar surface area (TPSA) is 72.9 Å². The fourth-order valence-electron chi connectivity index (χ4n) is 1.59. The number of carbonyl (C=O) groups is 1. The molecule has 0 radical (unpaired) electrons. The fourth-order valence-corrected chi connectivity index (χ4v) is 2.57. The molecule has 1 rings (SSSR count). The van der Waals surface area contributed by atoms with Crippen molar-refractivity contribution in [1.82, 2.24) is 4.90 Å². The molecule has 0 saturated carbocycles. The Morgan fingerprint density at radius 2 is 1.74 bits per heavy atom. The predicted octanol–water partition coefficient (Wildman–Crippen LogP) is 2.96. The quantitative estimate of drug-likeness (QED) is 0.769. The van der Waals surface area contributed by atoms with Crippen molar-refractivity contribution in [2.75, 3.05) is 13.7 Å². The molecule has 0 saturated heterocycles. The molecule has 1 aromatic carbocycles. The number of amides is 1. The first-order valence-corrected chi connectivity index (χ1v) is 8.75. The Morgan fingerprint density at radius 1 is 1.22 bits per heavy atom. The summed E-state index contributed by atoms with van der Waals surface area (Å²) < 4.78 is 34.5. The third-order valence-corrected chi connectivity index (χ3v) is 4.41. The Labute approximate surface area is 138 Å². The zero-order valence-corrected chi connectivity index (χ0v) is 15.3. The first kappa shape index (κ1) is 19.4. The van der Waals surface area contributed by atoms with Crippen LogP contribution in [0.15, 0.2) is 29.2 Å². The van der Waals surface area contributed by atoms with Crippen molar-refractivity contribution >= 4 is 16.2 Å². The second-order valence-corrected chi connectivity index (χ2v) is 8.11. The molecule has 0 aromatic heterocycles. The molecule has 0 heterocycles. The Bertz CT molecular complexity index is 631. The molecule has 1 aromatic rings. The normalized spacial score (nSPS) is 13.5. The van der Waals surface area contributed by atoms with Gasteiger partial charge in [-0.25, -0.2) is 4.79 Å². The fraction of sp³-hybridized carbons (Fsp3) is 0.562. The molecule has 0 fully saturated rings. The van der Waals surface area contributed by atoms with Gasteiger partial charge in [-0.2, -0.15) is 8.42 Å². The highest BCUT2D eigenvalue weighted by atomic mass is 32.2. The molecular weight excluding hydrogens is 318 g/mol. The predicted molar refractivity (Wildman–Crippen MR) is 87.8 cm³/mol. The summed E-state index contributed by atoms with van der Waals surface area (Å²) in [5.41, 5.74) is 0.349.